The molecule has 1 aromatic rings. The molecule has 0 saturated carbocycles. The van der Waals surface area contributed by atoms with Gasteiger partial charge in [-0.15, -0.1) is 5.10 Å². The summed E-state index contributed by atoms with van der Waals surface area (Å²) in [6, 6.07) is 0. The van der Waals surface area contributed by atoms with Gasteiger partial charge in [-0.2, -0.15) is 0 Å². The maximum absolute atomic E-state index is 5.44. The number of unbranched alkanes of at least 4 members (excludes halogenated alkanes) is 1. The molecule has 0 saturated heterocycles. The smallest absolute Gasteiger partial charge is 0.0850 e. The normalized spacial score (nSPS) is 11.1. The van der Waals surface area contributed by atoms with Crippen LogP contribution in [0.4, 0.5) is 0 Å². The first-order valence-electron chi connectivity index (χ1n) is 6.90. The van der Waals surface area contributed by atoms with Crippen molar-refractivity contribution in [2.24, 2.45) is 0 Å². The number of nitrogens with zero attached hydrogens (tertiary/aromatic N) is 3. The van der Waals surface area contributed by atoms with E-state index in [1.807, 2.05) is 17.8 Å². The van der Waals surface area contributed by atoms with Crippen molar-refractivity contribution in [3.05, 3.63) is 11.9 Å². The molecule has 0 bridgehead atoms. The maximum atomic E-state index is 5.44. The largest absolute Gasteiger partial charge is 0.385 e. The molecule has 0 fully saturated rings. The van der Waals surface area contributed by atoms with Crippen LogP contribution in [0.15, 0.2) is 6.20 Å². The first-order chi connectivity index (χ1) is 9.36. The highest BCUT2D eigenvalue weighted by Gasteiger charge is 2.00. The van der Waals surface area contributed by atoms with Crippen LogP contribution in [0.5, 0.6) is 0 Å². The molecule has 0 aliphatic rings. The SMILES string of the molecule is CCOCCOCCc1cn(CCCCOC)nn1. The Bertz CT molecular complexity index is 318. The number of aryl methyl sites for hydroxylation is 1. The molecule has 0 aromatic carbocycles. The second-order valence-corrected chi connectivity index (χ2v) is 4.23. The van der Waals surface area contributed by atoms with E-state index in [1.54, 1.807) is 7.11 Å². The van der Waals surface area contributed by atoms with Crippen LogP contribution in [0.25, 0.3) is 0 Å². The Balaban J connectivity index is 2.06. The van der Waals surface area contributed by atoms with Crippen LogP contribution in [-0.4, -0.2) is 55.1 Å². The fraction of sp³-hybridized carbons (Fsp3) is 0.846. The molecule has 19 heavy (non-hydrogen) atoms. The number of hydrogen-bond acceptors (Lipinski definition) is 5. The summed E-state index contributed by atoms with van der Waals surface area (Å²) < 4.78 is 17.5. The van der Waals surface area contributed by atoms with Crippen LogP contribution in [0, 0.1) is 0 Å². The quantitative estimate of drug-likeness (QED) is 0.536. The molecule has 1 heterocycles. The van der Waals surface area contributed by atoms with E-state index < -0.39 is 0 Å². The lowest BCUT2D eigenvalue weighted by Gasteiger charge is -2.02. The van der Waals surface area contributed by atoms with Gasteiger partial charge in [-0.3, -0.25) is 4.68 Å². The third kappa shape index (κ3) is 7.92. The second-order valence-electron chi connectivity index (χ2n) is 4.23. The molecule has 0 aliphatic heterocycles. The number of methoxy groups -OCH3 is 1. The second kappa shape index (κ2) is 10.9. The van der Waals surface area contributed by atoms with Gasteiger partial charge in [0.15, 0.2) is 0 Å². The Morgan fingerprint density at radius 1 is 1.11 bits per heavy atom. The first kappa shape index (κ1) is 16.1. The van der Waals surface area contributed by atoms with Gasteiger partial charge in [-0.05, 0) is 19.8 Å². The van der Waals surface area contributed by atoms with Crippen molar-refractivity contribution in [1.29, 1.82) is 0 Å². The maximum Gasteiger partial charge on any atom is 0.0850 e. The van der Waals surface area contributed by atoms with Gasteiger partial charge in [0, 0.05) is 39.5 Å². The predicted molar refractivity (Wildman–Crippen MR) is 72.1 cm³/mol. The van der Waals surface area contributed by atoms with Crippen molar-refractivity contribution in [3.8, 4) is 0 Å². The third-order valence-corrected chi connectivity index (χ3v) is 2.65. The zero-order chi connectivity index (χ0) is 13.8. The Kier molecular flexibility index (Phi) is 9.22. The van der Waals surface area contributed by atoms with Gasteiger partial charge in [0.25, 0.3) is 0 Å². The lowest BCUT2D eigenvalue weighted by Crippen LogP contribution is -2.06. The van der Waals surface area contributed by atoms with E-state index in [0.29, 0.717) is 19.8 Å². The molecule has 0 atom stereocenters. The van der Waals surface area contributed by atoms with E-state index in [-0.39, 0.29) is 0 Å². The Labute approximate surface area is 115 Å². The van der Waals surface area contributed by atoms with Crippen LogP contribution >= 0.6 is 0 Å². The fourth-order valence-electron chi connectivity index (χ4n) is 1.62. The topological polar surface area (TPSA) is 58.4 Å². The highest BCUT2D eigenvalue weighted by Crippen LogP contribution is 1.98. The molecule has 1 rings (SSSR count). The minimum Gasteiger partial charge on any atom is -0.385 e. The molecule has 6 nitrogen and oxygen atoms in total. The van der Waals surface area contributed by atoms with Crippen LogP contribution in [0.1, 0.15) is 25.5 Å². The summed E-state index contributed by atoms with van der Waals surface area (Å²) >= 11 is 0. The van der Waals surface area contributed by atoms with Crippen LogP contribution in [0.3, 0.4) is 0 Å². The lowest BCUT2D eigenvalue weighted by atomic mass is 10.3. The van der Waals surface area contributed by atoms with Crippen molar-refractivity contribution < 1.29 is 14.2 Å². The standard InChI is InChI=1S/C13H25N3O3/c1-3-18-10-11-19-9-6-13-12-16(15-14-13)7-4-5-8-17-2/h12H,3-11H2,1-2H3. The summed E-state index contributed by atoms with van der Waals surface area (Å²) in [6.07, 6.45) is 4.89. The molecule has 0 N–H and O–H groups in total. The van der Waals surface area contributed by atoms with E-state index in [9.17, 15) is 0 Å². The fourth-order valence-corrected chi connectivity index (χ4v) is 1.62. The summed E-state index contributed by atoms with van der Waals surface area (Å²) in [7, 11) is 1.72. The van der Waals surface area contributed by atoms with Crippen LogP contribution in [-0.2, 0) is 27.2 Å². The van der Waals surface area contributed by atoms with E-state index in [0.717, 1.165) is 44.7 Å². The minimum atomic E-state index is 0.638. The molecule has 0 spiro atoms. The van der Waals surface area contributed by atoms with Gasteiger partial charge < -0.3 is 14.2 Å². The van der Waals surface area contributed by atoms with E-state index in [2.05, 4.69) is 10.3 Å². The average Bonchev–Trinajstić information content (AvgIpc) is 2.87. The van der Waals surface area contributed by atoms with Crippen molar-refractivity contribution in [2.75, 3.05) is 40.1 Å². The van der Waals surface area contributed by atoms with Gasteiger partial charge in [-0.25, -0.2) is 0 Å². The molecule has 1 aromatic heterocycles. The van der Waals surface area contributed by atoms with Gasteiger partial charge >= 0.3 is 0 Å². The zero-order valence-electron chi connectivity index (χ0n) is 12.0. The predicted octanol–water partition coefficient (Wildman–Crippen LogP) is 1.30. The molecule has 0 amide bonds. The zero-order valence-corrected chi connectivity index (χ0v) is 12.0. The Morgan fingerprint density at radius 3 is 2.74 bits per heavy atom. The van der Waals surface area contributed by atoms with E-state index >= 15 is 0 Å². The van der Waals surface area contributed by atoms with Crippen molar-refractivity contribution in [3.63, 3.8) is 0 Å². The van der Waals surface area contributed by atoms with Crippen LogP contribution < -0.4 is 0 Å². The molecular formula is C13H25N3O3. The Morgan fingerprint density at radius 2 is 1.95 bits per heavy atom. The van der Waals surface area contributed by atoms with E-state index in [4.69, 9.17) is 14.2 Å². The monoisotopic (exact) mass is 271 g/mol. The summed E-state index contributed by atoms with van der Waals surface area (Å²) in [4.78, 5) is 0. The molecule has 6 heteroatoms. The summed E-state index contributed by atoms with van der Waals surface area (Å²) in [5.74, 6) is 0. The molecule has 0 unspecified atom stereocenters. The summed E-state index contributed by atoms with van der Waals surface area (Å²) in [5, 5.41) is 8.21. The summed E-state index contributed by atoms with van der Waals surface area (Å²) in [6.45, 7) is 6.36. The third-order valence-electron chi connectivity index (χ3n) is 2.65. The van der Waals surface area contributed by atoms with Gasteiger partial charge in [0.1, 0.15) is 0 Å². The number of hydrogen-bond donors (Lipinski definition) is 0. The highest BCUT2D eigenvalue weighted by atomic mass is 16.5. The van der Waals surface area contributed by atoms with Gasteiger partial charge in [0.05, 0.1) is 25.5 Å². The van der Waals surface area contributed by atoms with E-state index in [1.165, 1.54) is 0 Å². The minimum absolute atomic E-state index is 0.638. The molecular weight excluding hydrogens is 246 g/mol. The molecule has 0 aliphatic carbocycles. The van der Waals surface area contributed by atoms with Crippen molar-refractivity contribution in [2.45, 2.75) is 32.7 Å². The first-order valence-corrected chi connectivity index (χ1v) is 6.90. The van der Waals surface area contributed by atoms with Crippen LogP contribution in [0.2, 0.25) is 0 Å². The van der Waals surface area contributed by atoms with Gasteiger partial charge in [0.2, 0.25) is 0 Å². The van der Waals surface area contributed by atoms with Crippen molar-refractivity contribution in [1.82, 2.24) is 15.0 Å². The summed E-state index contributed by atoms with van der Waals surface area (Å²) in [5.41, 5.74) is 0.975. The Hall–Kier alpha value is -0.980. The van der Waals surface area contributed by atoms with Crippen molar-refractivity contribution >= 4 is 0 Å². The highest BCUT2D eigenvalue weighted by molar-refractivity contribution is 4.92. The molecule has 110 valence electrons. The lowest BCUT2D eigenvalue weighted by molar-refractivity contribution is 0.0539. The van der Waals surface area contributed by atoms with Gasteiger partial charge in [-0.1, -0.05) is 5.21 Å². The number of rotatable bonds is 12. The molecule has 0 radical (unpaired) electrons. The number of ether oxygens (including phenoxy) is 3. The average molecular weight is 271 g/mol. The number of aromatic nitrogens is 3.